The third-order valence-electron chi connectivity index (χ3n) is 2.67. The number of rotatable bonds is 4. The number of aryl methyl sites for hydroxylation is 1. The van der Waals surface area contributed by atoms with Crippen molar-refractivity contribution in [1.82, 2.24) is 4.98 Å². The minimum atomic E-state index is -1.07. The zero-order chi connectivity index (χ0) is 13.8. The molecule has 0 saturated heterocycles. The van der Waals surface area contributed by atoms with E-state index >= 15 is 0 Å². The van der Waals surface area contributed by atoms with Gasteiger partial charge < -0.3 is 9.84 Å². The molecule has 4 nitrogen and oxygen atoms in total. The largest absolute Gasteiger partial charge is 0.485 e. The van der Waals surface area contributed by atoms with Crippen LogP contribution in [0.5, 0.6) is 5.75 Å². The van der Waals surface area contributed by atoms with Crippen LogP contribution in [0.4, 0.5) is 0 Å². The summed E-state index contributed by atoms with van der Waals surface area (Å²) in [5, 5.41) is 9.36. The molecule has 5 heteroatoms. The molecular weight excluding hydrogens is 266 g/mol. The highest BCUT2D eigenvalue weighted by Crippen LogP contribution is 2.29. The van der Waals surface area contributed by atoms with Crippen molar-refractivity contribution < 1.29 is 14.6 Å². The third kappa shape index (κ3) is 3.03. The number of nitrogens with zero attached hydrogens (tertiary/aromatic N) is 1. The quantitative estimate of drug-likeness (QED) is 0.931. The fourth-order valence-electron chi connectivity index (χ4n) is 1.63. The monoisotopic (exact) mass is 277 g/mol. The van der Waals surface area contributed by atoms with Gasteiger partial charge in [-0.2, -0.15) is 0 Å². The van der Waals surface area contributed by atoms with Crippen molar-refractivity contribution in [2.45, 2.75) is 13.5 Å². The van der Waals surface area contributed by atoms with Crippen LogP contribution in [0.2, 0.25) is 5.02 Å². The molecule has 1 heterocycles. The molecule has 0 atom stereocenters. The molecule has 98 valence electrons. The number of para-hydroxylation sites is 1. The van der Waals surface area contributed by atoms with Gasteiger partial charge in [-0.3, -0.25) is 4.98 Å². The van der Waals surface area contributed by atoms with Gasteiger partial charge in [-0.1, -0.05) is 23.7 Å². The third-order valence-corrected chi connectivity index (χ3v) is 2.97. The van der Waals surface area contributed by atoms with Crippen molar-refractivity contribution >= 4 is 17.6 Å². The van der Waals surface area contributed by atoms with Gasteiger partial charge in [0.1, 0.15) is 12.2 Å². The number of ether oxygens (including phenoxy) is 1. The molecule has 1 aromatic heterocycles. The molecule has 19 heavy (non-hydrogen) atoms. The number of carboxylic acid groups (broad SMARTS) is 1. The fraction of sp³-hybridized carbons (Fsp3) is 0.143. The van der Waals surface area contributed by atoms with Crippen LogP contribution >= 0.6 is 11.6 Å². The number of aromatic carboxylic acids is 1. The van der Waals surface area contributed by atoms with E-state index in [1.54, 1.807) is 18.3 Å². The molecule has 1 N–H and O–H groups in total. The maximum Gasteiger partial charge on any atom is 0.339 e. The number of carbonyl (C=O) groups is 1. The van der Waals surface area contributed by atoms with Crippen LogP contribution in [0, 0.1) is 6.92 Å². The van der Waals surface area contributed by atoms with Crippen LogP contribution in [0.25, 0.3) is 0 Å². The Labute approximate surface area is 115 Å². The molecule has 1 aromatic carbocycles. The minimum absolute atomic E-state index is 0.0427. The van der Waals surface area contributed by atoms with Gasteiger partial charge in [0.25, 0.3) is 0 Å². The number of hydrogen-bond acceptors (Lipinski definition) is 3. The summed E-state index contributed by atoms with van der Waals surface area (Å²) in [6, 6.07) is 8.36. The summed E-state index contributed by atoms with van der Waals surface area (Å²) >= 11 is 5.97. The minimum Gasteiger partial charge on any atom is -0.485 e. The normalized spacial score (nSPS) is 10.2. The summed E-state index contributed by atoms with van der Waals surface area (Å²) in [7, 11) is 0. The zero-order valence-corrected chi connectivity index (χ0v) is 11.0. The Balaban J connectivity index is 2.25. The highest BCUT2D eigenvalue weighted by molar-refractivity contribution is 6.32. The Kier molecular flexibility index (Phi) is 4.02. The standard InChI is InChI=1S/C14H12ClNO3/c1-9-4-3-7-16-12(9)8-19-13-10(14(17)18)5-2-6-11(13)15/h2-7H,8H2,1H3,(H,17,18). The summed E-state index contributed by atoms with van der Waals surface area (Å²) in [6.45, 7) is 2.09. The first-order valence-corrected chi connectivity index (χ1v) is 6.02. The van der Waals surface area contributed by atoms with Crippen molar-refractivity contribution in [3.8, 4) is 5.75 Å². The maximum atomic E-state index is 11.1. The van der Waals surface area contributed by atoms with Crippen molar-refractivity contribution in [1.29, 1.82) is 0 Å². The van der Waals surface area contributed by atoms with E-state index in [1.807, 2.05) is 19.1 Å². The molecule has 0 spiro atoms. The predicted molar refractivity (Wildman–Crippen MR) is 71.7 cm³/mol. The van der Waals surface area contributed by atoms with Crippen molar-refractivity contribution in [3.05, 3.63) is 58.4 Å². The van der Waals surface area contributed by atoms with Gasteiger partial charge in [0, 0.05) is 6.20 Å². The van der Waals surface area contributed by atoms with Gasteiger partial charge in [0.15, 0.2) is 5.75 Å². The first kappa shape index (κ1) is 13.4. The lowest BCUT2D eigenvalue weighted by Crippen LogP contribution is -2.05. The molecule has 2 aromatic rings. The number of carboxylic acids is 1. The molecule has 0 aliphatic rings. The molecule has 0 aliphatic carbocycles. The van der Waals surface area contributed by atoms with E-state index in [0.717, 1.165) is 11.3 Å². The second-order valence-electron chi connectivity index (χ2n) is 3.98. The second-order valence-corrected chi connectivity index (χ2v) is 4.38. The van der Waals surface area contributed by atoms with E-state index in [-0.39, 0.29) is 22.9 Å². The topological polar surface area (TPSA) is 59.4 Å². The zero-order valence-electron chi connectivity index (χ0n) is 10.3. The van der Waals surface area contributed by atoms with Gasteiger partial charge in [-0.05, 0) is 30.7 Å². The Morgan fingerprint density at radius 1 is 1.37 bits per heavy atom. The lowest BCUT2D eigenvalue weighted by atomic mass is 10.2. The van der Waals surface area contributed by atoms with Crippen LogP contribution in [0.15, 0.2) is 36.5 Å². The van der Waals surface area contributed by atoms with Gasteiger partial charge in [0.2, 0.25) is 0 Å². The van der Waals surface area contributed by atoms with E-state index in [0.29, 0.717) is 0 Å². The average Bonchev–Trinajstić information content (AvgIpc) is 2.38. The molecule has 0 saturated carbocycles. The van der Waals surface area contributed by atoms with Gasteiger partial charge in [-0.15, -0.1) is 0 Å². The smallest absolute Gasteiger partial charge is 0.339 e. The average molecular weight is 278 g/mol. The number of pyridine rings is 1. The van der Waals surface area contributed by atoms with Gasteiger partial charge in [-0.25, -0.2) is 4.79 Å². The number of benzene rings is 1. The molecular formula is C14H12ClNO3. The summed E-state index contributed by atoms with van der Waals surface area (Å²) < 4.78 is 5.52. The maximum absolute atomic E-state index is 11.1. The summed E-state index contributed by atoms with van der Waals surface area (Å²) in [4.78, 5) is 15.3. The highest BCUT2D eigenvalue weighted by Gasteiger charge is 2.15. The molecule has 0 fully saturated rings. The molecule has 0 bridgehead atoms. The van der Waals surface area contributed by atoms with Crippen LogP contribution in [0.3, 0.4) is 0 Å². The van der Waals surface area contributed by atoms with Crippen LogP contribution in [-0.4, -0.2) is 16.1 Å². The number of aromatic nitrogens is 1. The van der Waals surface area contributed by atoms with E-state index < -0.39 is 5.97 Å². The first-order chi connectivity index (χ1) is 9.09. The summed E-state index contributed by atoms with van der Waals surface area (Å²) in [6.07, 6.45) is 1.66. The lowest BCUT2D eigenvalue weighted by Gasteiger charge is -2.11. The Morgan fingerprint density at radius 2 is 2.16 bits per heavy atom. The van der Waals surface area contributed by atoms with Crippen molar-refractivity contribution in [2.75, 3.05) is 0 Å². The van der Waals surface area contributed by atoms with E-state index in [4.69, 9.17) is 21.4 Å². The van der Waals surface area contributed by atoms with Crippen LogP contribution in [-0.2, 0) is 6.61 Å². The van der Waals surface area contributed by atoms with Gasteiger partial charge in [0.05, 0.1) is 10.7 Å². The fourth-order valence-corrected chi connectivity index (χ4v) is 1.86. The van der Waals surface area contributed by atoms with E-state index in [2.05, 4.69) is 4.98 Å². The van der Waals surface area contributed by atoms with Crippen molar-refractivity contribution in [2.24, 2.45) is 0 Å². The van der Waals surface area contributed by atoms with Crippen LogP contribution < -0.4 is 4.74 Å². The first-order valence-electron chi connectivity index (χ1n) is 5.64. The Morgan fingerprint density at radius 3 is 2.84 bits per heavy atom. The molecule has 0 radical (unpaired) electrons. The van der Waals surface area contributed by atoms with Gasteiger partial charge >= 0.3 is 5.97 Å². The molecule has 0 amide bonds. The Hall–Kier alpha value is -2.07. The van der Waals surface area contributed by atoms with E-state index in [1.165, 1.54) is 6.07 Å². The number of halogens is 1. The molecule has 0 unspecified atom stereocenters. The molecule has 0 aliphatic heterocycles. The molecule has 2 rings (SSSR count). The van der Waals surface area contributed by atoms with Crippen LogP contribution in [0.1, 0.15) is 21.6 Å². The van der Waals surface area contributed by atoms with E-state index in [9.17, 15) is 4.79 Å². The summed E-state index contributed by atoms with van der Waals surface area (Å²) in [5.74, 6) is -0.906. The second kappa shape index (κ2) is 5.71. The number of hydrogen-bond donors (Lipinski definition) is 1. The lowest BCUT2D eigenvalue weighted by molar-refractivity contribution is 0.0691. The predicted octanol–water partition coefficient (Wildman–Crippen LogP) is 3.32. The van der Waals surface area contributed by atoms with Crippen molar-refractivity contribution in [3.63, 3.8) is 0 Å². The highest BCUT2D eigenvalue weighted by atomic mass is 35.5. The summed E-state index contributed by atoms with van der Waals surface area (Å²) in [5.41, 5.74) is 1.77. The SMILES string of the molecule is Cc1cccnc1COc1c(Cl)cccc1C(=O)O. The Bertz CT molecular complexity index is 613.